The summed E-state index contributed by atoms with van der Waals surface area (Å²) >= 11 is 0. The van der Waals surface area contributed by atoms with E-state index in [0.29, 0.717) is 0 Å². The average Bonchev–Trinajstić information content (AvgIpc) is 3.20. The van der Waals surface area contributed by atoms with Crippen molar-refractivity contribution in [3.63, 3.8) is 0 Å². The predicted octanol–water partition coefficient (Wildman–Crippen LogP) is 5.68. The number of hydrogen-bond acceptors (Lipinski definition) is 1. The highest BCUT2D eigenvalue weighted by atomic mass is 15.1. The summed E-state index contributed by atoms with van der Waals surface area (Å²) in [6, 6.07) is 32.2. The number of aromatic nitrogens is 2. The van der Waals surface area contributed by atoms with Crippen molar-refractivity contribution in [1.29, 1.82) is 0 Å². The maximum Gasteiger partial charge on any atom is 0.121 e. The van der Waals surface area contributed by atoms with Crippen LogP contribution in [0.15, 0.2) is 104 Å². The van der Waals surface area contributed by atoms with Gasteiger partial charge in [-0.1, -0.05) is 104 Å². The van der Waals surface area contributed by atoms with Crippen LogP contribution in [-0.2, 0) is 12.0 Å². The van der Waals surface area contributed by atoms with Gasteiger partial charge in [0, 0.05) is 11.9 Å². The van der Waals surface area contributed by atoms with Gasteiger partial charge in [0.15, 0.2) is 0 Å². The zero-order valence-electron chi connectivity index (χ0n) is 15.6. The van der Waals surface area contributed by atoms with Crippen LogP contribution in [0, 0.1) is 0 Å². The summed E-state index contributed by atoms with van der Waals surface area (Å²) in [4.78, 5) is 4.55. The van der Waals surface area contributed by atoms with Crippen molar-refractivity contribution in [2.24, 2.45) is 0 Å². The molecular weight excluding hydrogens is 328 g/mol. The smallest absolute Gasteiger partial charge is 0.121 e. The van der Waals surface area contributed by atoms with Gasteiger partial charge in [-0.3, -0.25) is 0 Å². The lowest BCUT2D eigenvalue weighted by Gasteiger charge is -2.38. The minimum atomic E-state index is -0.454. The molecule has 4 rings (SSSR count). The molecule has 0 bridgehead atoms. The van der Waals surface area contributed by atoms with Crippen LogP contribution >= 0.6 is 0 Å². The molecule has 0 aliphatic heterocycles. The summed E-state index contributed by atoms with van der Waals surface area (Å²) in [6.07, 6.45) is 6.07. The Kier molecular flexibility index (Phi) is 4.88. The molecule has 0 spiro atoms. The maximum atomic E-state index is 4.55. The predicted molar refractivity (Wildman–Crippen MR) is 111 cm³/mol. The van der Waals surface area contributed by atoms with E-state index in [2.05, 4.69) is 107 Å². The molecule has 0 N–H and O–H groups in total. The first-order valence-electron chi connectivity index (χ1n) is 9.55. The highest BCUT2D eigenvalue weighted by Gasteiger charge is 2.39. The number of nitrogens with zero attached hydrogens (tertiary/aromatic N) is 2. The molecule has 134 valence electrons. The molecule has 0 aliphatic carbocycles. The van der Waals surface area contributed by atoms with Crippen LogP contribution in [0.2, 0.25) is 0 Å². The van der Waals surface area contributed by atoms with Gasteiger partial charge in [-0.2, -0.15) is 0 Å². The van der Waals surface area contributed by atoms with Crippen molar-refractivity contribution in [2.45, 2.75) is 25.3 Å². The minimum Gasteiger partial charge on any atom is -0.316 e. The number of rotatable bonds is 6. The van der Waals surface area contributed by atoms with E-state index in [4.69, 9.17) is 0 Å². The summed E-state index contributed by atoms with van der Waals surface area (Å²) in [5.41, 5.74) is 4.49. The molecule has 0 aliphatic rings. The van der Waals surface area contributed by atoms with E-state index in [9.17, 15) is 0 Å². The molecule has 0 radical (unpaired) electrons. The standard InChI is InChI=1S/C25H24N2/c1-2-12-24-19-26-20-27(24)25(21-13-6-3-7-14-21,22-15-8-4-9-16-22)23-17-10-5-11-18-23/h3-11,13-20H,2,12H2,1H3. The average molecular weight is 352 g/mol. The van der Waals surface area contributed by atoms with Crippen LogP contribution in [0.4, 0.5) is 0 Å². The van der Waals surface area contributed by atoms with Gasteiger partial charge in [0.2, 0.25) is 0 Å². The quantitative estimate of drug-likeness (QED) is 0.408. The van der Waals surface area contributed by atoms with Gasteiger partial charge in [0.05, 0.1) is 6.33 Å². The first kappa shape index (κ1) is 17.3. The Balaban J connectivity index is 2.12. The van der Waals surface area contributed by atoms with Gasteiger partial charge in [0.25, 0.3) is 0 Å². The molecule has 0 amide bonds. The number of benzene rings is 3. The lowest BCUT2D eigenvalue weighted by Crippen LogP contribution is -2.38. The Labute approximate surface area is 161 Å². The lowest BCUT2D eigenvalue weighted by atomic mass is 9.76. The molecule has 27 heavy (non-hydrogen) atoms. The summed E-state index contributed by atoms with van der Waals surface area (Å²) < 4.78 is 2.36. The normalized spacial score (nSPS) is 11.4. The minimum absolute atomic E-state index is 0.454. The van der Waals surface area contributed by atoms with Crippen molar-refractivity contribution in [3.05, 3.63) is 126 Å². The SMILES string of the molecule is CCCc1cncn1C(c1ccccc1)(c1ccccc1)c1ccccc1. The monoisotopic (exact) mass is 352 g/mol. The van der Waals surface area contributed by atoms with Crippen LogP contribution < -0.4 is 0 Å². The van der Waals surface area contributed by atoms with Crippen LogP contribution in [0.5, 0.6) is 0 Å². The van der Waals surface area contributed by atoms with E-state index in [-0.39, 0.29) is 0 Å². The third-order valence-electron chi connectivity index (χ3n) is 5.16. The lowest BCUT2D eigenvalue weighted by molar-refractivity contribution is 0.494. The van der Waals surface area contributed by atoms with E-state index < -0.39 is 5.54 Å². The van der Waals surface area contributed by atoms with Gasteiger partial charge in [0.1, 0.15) is 5.54 Å². The topological polar surface area (TPSA) is 17.8 Å². The zero-order chi connectivity index (χ0) is 18.5. The number of hydrogen-bond donors (Lipinski definition) is 0. The molecule has 2 heteroatoms. The van der Waals surface area contributed by atoms with Crippen molar-refractivity contribution in [3.8, 4) is 0 Å². The largest absolute Gasteiger partial charge is 0.316 e. The molecule has 1 heterocycles. The molecule has 0 atom stereocenters. The van der Waals surface area contributed by atoms with Gasteiger partial charge < -0.3 is 4.57 Å². The van der Waals surface area contributed by atoms with Crippen molar-refractivity contribution >= 4 is 0 Å². The Morgan fingerprint density at radius 1 is 0.704 bits per heavy atom. The molecule has 3 aromatic carbocycles. The van der Waals surface area contributed by atoms with Crippen LogP contribution in [0.1, 0.15) is 35.7 Å². The highest BCUT2D eigenvalue weighted by molar-refractivity contribution is 5.51. The molecule has 1 aromatic heterocycles. The number of aryl methyl sites for hydroxylation is 1. The van der Waals surface area contributed by atoms with Crippen molar-refractivity contribution in [2.75, 3.05) is 0 Å². The van der Waals surface area contributed by atoms with Gasteiger partial charge in [-0.15, -0.1) is 0 Å². The first-order chi connectivity index (χ1) is 13.4. The fourth-order valence-corrected chi connectivity index (χ4v) is 4.02. The molecule has 2 nitrogen and oxygen atoms in total. The Morgan fingerprint density at radius 3 is 1.56 bits per heavy atom. The van der Waals surface area contributed by atoms with E-state index in [1.165, 1.54) is 22.4 Å². The molecule has 0 fully saturated rings. The van der Waals surface area contributed by atoms with Crippen LogP contribution in [-0.4, -0.2) is 9.55 Å². The fraction of sp³-hybridized carbons (Fsp3) is 0.160. The van der Waals surface area contributed by atoms with E-state index in [1.807, 2.05) is 12.5 Å². The summed E-state index contributed by atoms with van der Waals surface area (Å²) in [5, 5.41) is 0. The first-order valence-corrected chi connectivity index (χ1v) is 9.55. The molecule has 0 unspecified atom stereocenters. The molecule has 0 saturated heterocycles. The third-order valence-corrected chi connectivity index (χ3v) is 5.16. The zero-order valence-corrected chi connectivity index (χ0v) is 15.6. The third kappa shape index (κ3) is 2.97. The second-order valence-corrected chi connectivity index (χ2v) is 6.81. The second kappa shape index (κ2) is 7.63. The highest BCUT2D eigenvalue weighted by Crippen LogP contribution is 2.41. The second-order valence-electron chi connectivity index (χ2n) is 6.81. The Bertz CT molecular complexity index is 876. The van der Waals surface area contributed by atoms with Gasteiger partial charge in [-0.05, 0) is 23.1 Å². The van der Waals surface area contributed by atoms with E-state index in [1.54, 1.807) is 0 Å². The summed E-state index contributed by atoms with van der Waals surface area (Å²) in [5.74, 6) is 0. The Morgan fingerprint density at radius 2 is 1.15 bits per heavy atom. The van der Waals surface area contributed by atoms with Gasteiger partial charge >= 0.3 is 0 Å². The number of imidazole rings is 1. The van der Waals surface area contributed by atoms with Crippen LogP contribution in [0.3, 0.4) is 0 Å². The maximum absolute atomic E-state index is 4.55. The van der Waals surface area contributed by atoms with E-state index in [0.717, 1.165) is 12.8 Å². The van der Waals surface area contributed by atoms with E-state index >= 15 is 0 Å². The Hall–Kier alpha value is -3.13. The fourth-order valence-electron chi connectivity index (χ4n) is 4.02. The van der Waals surface area contributed by atoms with Crippen molar-refractivity contribution < 1.29 is 0 Å². The van der Waals surface area contributed by atoms with Crippen molar-refractivity contribution in [1.82, 2.24) is 9.55 Å². The van der Waals surface area contributed by atoms with Crippen LogP contribution in [0.25, 0.3) is 0 Å². The molecule has 4 aromatic rings. The summed E-state index contributed by atoms with van der Waals surface area (Å²) in [7, 11) is 0. The van der Waals surface area contributed by atoms with Gasteiger partial charge in [-0.25, -0.2) is 4.98 Å². The molecular formula is C25H24N2. The summed E-state index contributed by atoms with van der Waals surface area (Å²) in [6.45, 7) is 2.21. The molecule has 0 saturated carbocycles.